The molecule has 1 atom stereocenters. The van der Waals surface area contributed by atoms with Gasteiger partial charge >= 0.3 is 0 Å². The minimum absolute atomic E-state index is 0.0587. The second-order valence-electron chi connectivity index (χ2n) is 4.78. The third-order valence-corrected chi connectivity index (χ3v) is 3.61. The highest BCUT2D eigenvalue weighted by Gasteiger charge is 2.35. The second-order valence-corrected chi connectivity index (χ2v) is 5.11. The third-order valence-electron chi connectivity index (χ3n) is 3.44. The lowest BCUT2D eigenvalue weighted by Crippen LogP contribution is -2.29. The van der Waals surface area contributed by atoms with E-state index in [1.807, 2.05) is 30.3 Å². The summed E-state index contributed by atoms with van der Waals surface area (Å²) >= 11 is 6.02. The van der Waals surface area contributed by atoms with Crippen molar-refractivity contribution in [1.29, 1.82) is 0 Å². The van der Waals surface area contributed by atoms with E-state index in [0.29, 0.717) is 22.6 Å². The molecule has 1 aromatic carbocycles. The van der Waals surface area contributed by atoms with Gasteiger partial charge in [0.1, 0.15) is 11.4 Å². The van der Waals surface area contributed by atoms with Crippen molar-refractivity contribution in [3.05, 3.63) is 71.7 Å². The Kier molecular flexibility index (Phi) is 4.96. The average molecular weight is 316 g/mol. The van der Waals surface area contributed by atoms with Crippen LogP contribution in [0, 0.1) is 0 Å². The number of halogens is 1. The van der Waals surface area contributed by atoms with E-state index in [0.717, 1.165) is 0 Å². The largest absolute Gasteiger partial charge is 0.378 e. The molecule has 0 radical (unpaired) electrons. The van der Waals surface area contributed by atoms with E-state index < -0.39 is 5.60 Å². The van der Waals surface area contributed by atoms with E-state index in [9.17, 15) is 5.11 Å². The minimum Gasteiger partial charge on any atom is -0.378 e. The molecule has 2 N–H and O–H groups in total. The monoisotopic (exact) mass is 315 g/mol. The Bertz CT molecular complexity index is 688. The fourth-order valence-electron chi connectivity index (χ4n) is 2.42. The molecule has 0 amide bonds. The Hall–Kier alpha value is -2.17. The molecule has 2 rings (SSSR count). The van der Waals surface area contributed by atoms with Gasteiger partial charge in [-0.2, -0.15) is 0 Å². The summed E-state index contributed by atoms with van der Waals surface area (Å²) in [5, 5.41) is 14.3. The fraction of sp³-hybridized carbons (Fsp3) is 0.176. The lowest BCUT2D eigenvalue weighted by atomic mass is 9.84. The maximum absolute atomic E-state index is 11.3. The van der Waals surface area contributed by atoms with Gasteiger partial charge in [0.2, 0.25) is 5.28 Å². The molecule has 114 valence electrons. The number of nitrogens with zero attached hydrogens (tertiary/aromatic N) is 2. The average Bonchev–Trinajstić information content (AvgIpc) is 2.54. The van der Waals surface area contributed by atoms with Crippen molar-refractivity contribution >= 4 is 23.5 Å². The molecule has 1 heterocycles. The summed E-state index contributed by atoms with van der Waals surface area (Å²) in [6, 6.07) is 9.28. The maximum atomic E-state index is 11.3. The minimum atomic E-state index is -1.36. The van der Waals surface area contributed by atoms with Crippen LogP contribution < -0.4 is 5.32 Å². The van der Waals surface area contributed by atoms with Gasteiger partial charge in [-0.05, 0) is 17.2 Å². The van der Waals surface area contributed by atoms with Crippen molar-refractivity contribution < 1.29 is 5.11 Å². The Morgan fingerprint density at radius 3 is 2.50 bits per heavy atom. The zero-order valence-corrected chi connectivity index (χ0v) is 13.1. The lowest BCUT2D eigenvalue weighted by molar-refractivity contribution is 0.0792. The first kappa shape index (κ1) is 16.2. The number of benzene rings is 1. The Morgan fingerprint density at radius 2 is 1.95 bits per heavy atom. The van der Waals surface area contributed by atoms with Crippen LogP contribution in [0.3, 0.4) is 0 Å². The van der Waals surface area contributed by atoms with Crippen LogP contribution in [0.25, 0.3) is 6.08 Å². The molecule has 1 aromatic heterocycles. The molecule has 0 fully saturated rings. The van der Waals surface area contributed by atoms with Gasteiger partial charge in [0, 0.05) is 19.0 Å². The van der Waals surface area contributed by atoms with E-state index in [1.54, 1.807) is 19.2 Å². The van der Waals surface area contributed by atoms with Gasteiger partial charge in [-0.3, -0.25) is 0 Å². The summed E-state index contributed by atoms with van der Waals surface area (Å²) in [5.74, 6) is 0.517. The first-order valence-electron chi connectivity index (χ1n) is 6.83. The molecule has 1 unspecified atom stereocenters. The summed E-state index contributed by atoms with van der Waals surface area (Å²) in [5.41, 5.74) is 0.359. The van der Waals surface area contributed by atoms with Crippen LogP contribution in [0.1, 0.15) is 23.2 Å². The van der Waals surface area contributed by atoms with Crippen molar-refractivity contribution in [3.63, 3.8) is 0 Å². The fourth-order valence-corrected chi connectivity index (χ4v) is 2.58. The Balaban J connectivity index is 2.76. The van der Waals surface area contributed by atoms with Crippen LogP contribution in [-0.4, -0.2) is 22.1 Å². The summed E-state index contributed by atoms with van der Waals surface area (Å²) < 4.78 is 0. The van der Waals surface area contributed by atoms with Crippen LogP contribution >= 0.6 is 11.6 Å². The lowest BCUT2D eigenvalue weighted by Gasteiger charge is -2.29. The van der Waals surface area contributed by atoms with Gasteiger partial charge in [0.15, 0.2) is 0 Å². The predicted molar refractivity (Wildman–Crippen MR) is 90.9 cm³/mol. The zero-order valence-electron chi connectivity index (χ0n) is 12.4. The number of aromatic nitrogens is 2. The number of aliphatic hydroxyl groups is 1. The van der Waals surface area contributed by atoms with E-state index >= 15 is 0 Å². The van der Waals surface area contributed by atoms with Crippen LogP contribution in [0.15, 0.2) is 49.6 Å². The van der Waals surface area contributed by atoms with Crippen LogP contribution in [-0.2, 0) is 5.60 Å². The number of rotatable bonds is 6. The number of hydrogen-bond acceptors (Lipinski definition) is 4. The van der Waals surface area contributed by atoms with Crippen molar-refractivity contribution in [2.45, 2.75) is 12.0 Å². The first-order valence-corrected chi connectivity index (χ1v) is 7.21. The molecule has 0 saturated carbocycles. The quantitative estimate of drug-likeness (QED) is 0.631. The van der Waals surface area contributed by atoms with Crippen molar-refractivity contribution in [3.8, 4) is 0 Å². The van der Waals surface area contributed by atoms with Crippen LogP contribution in [0.2, 0.25) is 5.28 Å². The van der Waals surface area contributed by atoms with E-state index in [-0.39, 0.29) is 11.7 Å². The number of anilines is 1. The maximum Gasteiger partial charge on any atom is 0.224 e. The molecule has 0 aliphatic heterocycles. The summed E-state index contributed by atoms with van der Waals surface area (Å²) in [4.78, 5) is 8.39. The second kappa shape index (κ2) is 6.73. The Morgan fingerprint density at radius 1 is 1.27 bits per heavy atom. The molecule has 2 aromatic rings. The van der Waals surface area contributed by atoms with Crippen LogP contribution in [0.5, 0.6) is 0 Å². The molecular weight excluding hydrogens is 298 g/mol. The Labute approximate surface area is 135 Å². The molecule has 0 spiro atoms. The molecule has 0 saturated heterocycles. The van der Waals surface area contributed by atoms with Gasteiger partial charge in [0.25, 0.3) is 0 Å². The van der Waals surface area contributed by atoms with Crippen molar-refractivity contribution in [1.82, 2.24) is 9.97 Å². The SMILES string of the molecule is C=CCC(O)(c1ccccc1)c1nc(Cl)nc(NC)c1C=C. The molecular formula is C17H18ClN3O. The smallest absolute Gasteiger partial charge is 0.224 e. The van der Waals surface area contributed by atoms with E-state index in [4.69, 9.17) is 11.6 Å². The van der Waals surface area contributed by atoms with Crippen molar-refractivity contribution in [2.24, 2.45) is 0 Å². The third kappa shape index (κ3) is 2.89. The number of hydrogen-bond donors (Lipinski definition) is 2. The van der Waals surface area contributed by atoms with E-state index in [2.05, 4.69) is 28.4 Å². The van der Waals surface area contributed by atoms with Gasteiger partial charge in [-0.25, -0.2) is 9.97 Å². The molecule has 0 aliphatic carbocycles. The summed E-state index contributed by atoms with van der Waals surface area (Å²) in [6.45, 7) is 7.54. The summed E-state index contributed by atoms with van der Waals surface area (Å²) in [7, 11) is 1.73. The highest BCUT2D eigenvalue weighted by atomic mass is 35.5. The molecule has 4 nitrogen and oxygen atoms in total. The highest BCUT2D eigenvalue weighted by Crippen LogP contribution is 2.37. The topological polar surface area (TPSA) is 58.0 Å². The zero-order chi connectivity index (χ0) is 16.2. The van der Waals surface area contributed by atoms with Gasteiger partial charge in [0.05, 0.1) is 5.69 Å². The van der Waals surface area contributed by atoms with Gasteiger partial charge < -0.3 is 10.4 Å². The highest BCUT2D eigenvalue weighted by molar-refractivity contribution is 6.28. The standard InChI is InChI=1S/C17H18ClN3O/c1-4-11-17(22,12-9-7-6-8-10-12)14-13(5-2)15(19-3)21-16(18)20-14/h4-10,22H,1-2,11H2,3H3,(H,19,20,21). The van der Waals surface area contributed by atoms with Crippen LogP contribution in [0.4, 0.5) is 5.82 Å². The van der Waals surface area contributed by atoms with Gasteiger partial charge in [-0.15, -0.1) is 6.58 Å². The predicted octanol–water partition coefficient (Wildman–Crippen LogP) is 3.63. The molecule has 22 heavy (non-hydrogen) atoms. The molecule has 5 heteroatoms. The summed E-state index contributed by atoms with van der Waals surface area (Å²) in [6.07, 6.45) is 3.54. The molecule has 0 aliphatic rings. The molecule has 0 bridgehead atoms. The first-order chi connectivity index (χ1) is 10.6. The van der Waals surface area contributed by atoms with Crippen molar-refractivity contribution in [2.75, 3.05) is 12.4 Å². The van der Waals surface area contributed by atoms with E-state index in [1.165, 1.54) is 0 Å². The normalized spacial score (nSPS) is 13.2. The number of nitrogens with one attached hydrogen (secondary N) is 1. The van der Waals surface area contributed by atoms with Gasteiger partial charge in [-0.1, -0.05) is 49.1 Å².